The summed E-state index contributed by atoms with van der Waals surface area (Å²) in [6, 6.07) is 17.5. The third-order valence-electron chi connectivity index (χ3n) is 6.52. The third-order valence-corrected chi connectivity index (χ3v) is 6.52. The summed E-state index contributed by atoms with van der Waals surface area (Å²) in [6.45, 7) is 5.18. The zero-order chi connectivity index (χ0) is 30.8. The molecule has 0 spiro atoms. The predicted molar refractivity (Wildman–Crippen MR) is 164 cm³/mol. The van der Waals surface area contributed by atoms with E-state index in [0.717, 1.165) is 44.7 Å². The lowest BCUT2D eigenvalue weighted by molar-refractivity contribution is 0.102. The molecule has 2 aromatic heterocycles. The minimum absolute atomic E-state index is 0.157. The van der Waals surface area contributed by atoms with E-state index in [1.165, 1.54) is 23.8 Å². The molecule has 0 atom stereocenters. The lowest BCUT2D eigenvalue weighted by Gasteiger charge is -2.20. The largest absolute Gasteiger partial charge is 0.322 e. The molecule has 0 saturated carbocycles. The van der Waals surface area contributed by atoms with Crippen molar-refractivity contribution in [2.24, 2.45) is 0 Å². The van der Waals surface area contributed by atoms with Gasteiger partial charge in [0.05, 0.1) is 17.6 Å². The summed E-state index contributed by atoms with van der Waals surface area (Å²) in [4.78, 5) is 30.4. The van der Waals surface area contributed by atoms with Crippen LogP contribution in [0, 0.1) is 5.82 Å². The molecule has 1 amide bonds. The normalized spacial score (nSPS) is 14.2. The van der Waals surface area contributed by atoms with E-state index in [9.17, 15) is 17.6 Å². The molecule has 3 heterocycles. The topological polar surface area (TPSA) is 141 Å². The zero-order valence-electron chi connectivity index (χ0n) is 23.9. The highest BCUT2D eigenvalue weighted by Crippen LogP contribution is 2.24. The van der Waals surface area contributed by atoms with Crippen LogP contribution in [0.25, 0.3) is 11.3 Å². The second kappa shape index (κ2) is 14.7. The van der Waals surface area contributed by atoms with E-state index in [-0.39, 0.29) is 17.5 Å². The van der Waals surface area contributed by atoms with Crippen molar-refractivity contribution in [1.82, 2.24) is 24.8 Å². The smallest absolute Gasteiger partial charge is 0.261 e. The fraction of sp³-hybridized carbons (Fsp3) is 0.267. The SMILES string of the molecule is CN1CCCN(Cc2ccc(C(=O)Nc3ccc(F)c(Nc4nccc(-c5cccnc5)n4)c3)cc2)CC1.CS(=O)(=O)O. The number of benzene rings is 2. The van der Waals surface area contributed by atoms with Crippen LogP contribution < -0.4 is 10.6 Å². The number of hydrogen-bond donors (Lipinski definition) is 3. The average Bonchev–Trinajstić information content (AvgIpc) is 3.18. The molecular weight excluding hydrogens is 573 g/mol. The van der Waals surface area contributed by atoms with Crippen molar-refractivity contribution in [1.29, 1.82) is 0 Å². The van der Waals surface area contributed by atoms with Gasteiger partial charge in [-0.05, 0) is 80.7 Å². The molecule has 11 nitrogen and oxygen atoms in total. The highest BCUT2D eigenvalue weighted by Gasteiger charge is 2.14. The van der Waals surface area contributed by atoms with Crippen molar-refractivity contribution in [3.8, 4) is 11.3 Å². The Hall–Kier alpha value is -4.30. The fourth-order valence-corrected chi connectivity index (χ4v) is 4.39. The standard InChI is InChI=1S/C29H30FN7O.CH4O3S/c1-36-14-3-15-37(17-16-36)20-21-5-7-22(8-6-21)28(38)33-24-9-10-25(30)27(18-24)35-29-32-13-11-26(34-29)23-4-2-12-31-19-23;1-5(2,3)4/h2,4-13,18-19H,3,14-17,20H2,1H3,(H,33,38)(H,32,34,35);1H3,(H,2,3,4). The first-order chi connectivity index (χ1) is 20.5. The predicted octanol–water partition coefficient (Wildman–Crippen LogP) is 4.32. The Kier molecular flexibility index (Phi) is 10.8. The van der Waals surface area contributed by atoms with Crippen LogP contribution in [-0.4, -0.2) is 83.1 Å². The Bertz CT molecular complexity index is 1620. The van der Waals surface area contributed by atoms with E-state index >= 15 is 0 Å². The van der Waals surface area contributed by atoms with Gasteiger partial charge in [-0.15, -0.1) is 0 Å². The minimum atomic E-state index is -3.67. The first-order valence-electron chi connectivity index (χ1n) is 13.6. The van der Waals surface area contributed by atoms with Crippen LogP contribution in [-0.2, 0) is 16.7 Å². The molecule has 0 radical (unpaired) electrons. The van der Waals surface area contributed by atoms with Gasteiger partial charge in [-0.3, -0.25) is 19.2 Å². The zero-order valence-corrected chi connectivity index (χ0v) is 24.8. The van der Waals surface area contributed by atoms with Gasteiger partial charge in [0.15, 0.2) is 0 Å². The highest BCUT2D eigenvalue weighted by atomic mass is 32.2. The number of carbonyl (C=O) groups is 1. The Balaban J connectivity index is 0.000000782. The number of halogens is 1. The number of hydrogen-bond acceptors (Lipinski definition) is 9. The summed E-state index contributed by atoms with van der Waals surface area (Å²) in [7, 11) is -1.51. The van der Waals surface area contributed by atoms with Gasteiger partial charge in [0.2, 0.25) is 5.95 Å². The Morgan fingerprint density at radius 3 is 2.51 bits per heavy atom. The molecule has 4 aromatic rings. The van der Waals surface area contributed by atoms with Gasteiger partial charge in [-0.25, -0.2) is 14.4 Å². The highest BCUT2D eigenvalue weighted by molar-refractivity contribution is 7.85. The van der Waals surface area contributed by atoms with E-state index < -0.39 is 15.9 Å². The number of nitrogens with zero attached hydrogens (tertiary/aromatic N) is 5. The molecule has 2 aromatic carbocycles. The van der Waals surface area contributed by atoms with Gasteiger partial charge in [0.1, 0.15) is 5.82 Å². The Morgan fingerprint density at radius 1 is 1.02 bits per heavy atom. The van der Waals surface area contributed by atoms with Crippen molar-refractivity contribution >= 4 is 33.3 Å². The number of amides is 1. The summed E-state index contributed by atoms with van der Waals surface area (Å²) >= 11 is 0. The Labute approximate surface area is 250 Å². The van der Waals surface area contributed by atoms with Gasteiger partial charge in [0, 0.05) is 55.0 Å². The summed E-state index contributed by atoms with van der Waals surface area (Å²) in [5.41, 5.74) is 3.81. The van der Waals surface area contributed by atoms with Crippen LogP contribution >= 0.6 is 0 Å². The van der Waals surface area contributed by atoms with Crippen LogP contribution in [0.5, 0.6) is 0 Å². The van der Waals surface area contributed by atoms with Crippen LogP contribution in [0.15, 0.2) is 79.3 Å². The molecule has 43 heavy (non-hydrogen) atoms. The molecule has 0 aliphatic carbocycles. The summed E-state index contributed by atoms with van der Waals surface area (Å²) in [6.07, 6.45) is 6.85. The van der Waals surface area contributed by atoms with Gasteiger partial charge < -0.3 is 15.5 Å². The number of rotatable bonds is 7. The molecule has 5 rings (SSSR count). The van der Waals surface area contributed by atoms with E-state index in [4.69, 9.17) is 4.55 Å². The van der Waals surface area contributed by atoms with E-state index in [2.05, 4.69) is 42.4 Å². The quantitative estimate of drug-likeness (QED) is 0.260. The van der Waals surface area contributed by atoms with Crippen LogP contribution in [0.2, 0.25) is 0 Å². The summed E-state index contributed by atoms with van der Waals surface area (Å²) in [5, 5.41) is 5.76. The molecule has 3 N–H and O–H groups in total. The molecule has 1 fully saturated rings. The lowest BCUT2D eigenvalue weighted by atomic mass is 10.1. The monoisotopic (exact) mass is 607 g/mol. The summed E-state index contributed by atoms with van der Waals surface area (Å²) in [5.74, 6) is -0.511. The van der Waals surface area contributed by atoms with Gasteiger partial charge in [-0.1, -0.05) is 12.1 Å². The van der Waals surface area contributed by atoms with Crippen LogP contribution in [0.4, 0.5) is 21.7 Å². The van der Waals surface area contributed by atoms with Crippen LogP contribution in [0.3, 0.4) is 0 Å². The minimum Gasteiger partial charge on any atom is -0.322 e. The van der Waals surface area contributed by atoms with E-state index in [0.29, 0.717) is 23.2 Å². The lowest BCUT2D eigenvalue weighted by Crippen LogP contribution is -2.28. The average molecular weight is 608 g/mol. The molecule has 1 aliphatic heterocycles. The number of pyridine rings is 1. The third kappa shape index (κ3) is 10.5. The molecule has 1 saturated heterocycles. The number of anilines is 3. The van der Waals surface area contributed by atoms with E-state index in [1.54, 1.807) is 24.7 Å². The maximum atomic E-state index is 14.6. The molecule has 0 unspecified atom stereocenters. The van der Waals surface area contributed by atoms with Gasteiger partial charge in [-0.2, -0.15) is 8.42 Å². The second-order valence-electron chi connectivity index (χ2n) is 10.1. The maximum Gasteiger partial charge on any atom is 0.261 e. The number of likely N-dealkylation sites (N-methyl/N-ethyl adjacent to an activating group) is 1. The van der Waals surface area contributed by atoms with Gasteiger partial charge in [0.25, 0.3) is 16.0 Å². The van der Waals surface area contributed by atoms with Crippen LogP contribution in [0.1, 0.15) is 22.3 Å². The fourth-order valence-electron chi connectivity index (χ4n) is 4.39. The molecule has 13 heteroatoms. The molecule has 226 valence electrons. The summed E-state index contributed by atoms with van der Waals surface area (Å²) < 4.78 is 40.4. The number of carbonyl (C=O) groups excluding carboxylic acids is 1. The first kappa shape index (κ1) is 31.6. The van der Waals surface area contributed by atoms with Crippen molar-refractivity contribution in [3.63, 3.8) is 0 Å². The first-order valence-corrected chi connectivity index (χ1v) is 15.4. The van der Waals surface area contributed by atoms with Crippen molar-refractivity contribution in [2.75, 3.05) is 50.1 Å². The van der Waals surface area contributed by atoms with Crippen molar-refractivity contribution in [2.45, 2.75) is 13.0 Å². The molecule has 1 aliphatic rings. The molecule has 0 bridgehead atoms. The second-order valence-corrected chi connectivity index (χ2v) is 11.6. The van der Waals surface area contributed by atoms with Crippen molar-refractivity contribution < 1.29 is 22.2 Å². The van der Waals surface area contributed by atoms with E-state index in [1.807, 2.05) is 36.4 Å². The maximum absolute atomic E-state index is 14.6. The molecular formula is C30H34FN7O4S. The van der Waals surface area contributed by atoms with Gasteiger partial charge >= 0.3 is 0 Å². The van der Waals surface area contributed by atoms with Crippen molar-refractivity contribution in [3.05, 3.63) is 96.2 Å². The number of aromatic nitrogens is 3. The Morgan fingerprint density at radius 2 is 1.79 bits per heavy atom. The number of nitrogens with one attached hydrogen (secondary N) is 2.